The minimum absolute atomic E-state index is 0.0305. The van der Waals surface area contributed by atoms with Gasteiger partial charge in [-0.2, -0.15) is 0 Å². The smallest absolute Gasteiger partial charge is 0.150 e. The minimum Gasteiger partial charge on any atom is -0.316 e. The molecule has 2 aliphatic rings. The Morgan fingerprint density at radius 2 is 1.95 bits per heavy atom. The fourth-order valence-electron chi connectivity index (χ4n) is 3.81. The second kappa shape index (κ2) is 6.13. The molecule has 0 spiro atoms. The molecule has 0 aromatic carbocycles. The lowest BCUT2D eigenvalue weighted by Crippen LogP contribution is -2.38. The predicted molar refractivity (Wildman–Crippen MR) is 80.0 cm³/mol. The largest absolute Gasteiger partial charge is 0.316 e. The predicted octanol–water partition coefficient (Wildman–Crippen LogP) is 2.62. The lowest BCUT2D eigenvalue weighted by Gasteiger charge is -2.31. The van der Waals surface area contributed by atoms with E-state index in [4.69, 9.17) is 0 Å². The van der Waals surface area contributed by atoms with E-state index in [-0.39, 0.29) is 5.41 Å². The molecule has 2 rings (SSSR count). The molecule has 3 nitrogen and oxygen atoms in total. The Morgan fingerprint density at radius 3 is 2.47 bits per heavy atom. The first-order chi connectivity index (χ1) is 8.91. The van der Waals surface area contributed by atoms with E-state index < -0.39 is 9.84 Å². The number of rotatable bonds is 6. The molecule has 1 saturated carbocycles. The molecule has 1 N–H and O–H groups in total. The summed E-state index contributed by atoms with van der Waals surface area (Å²) < 4.78 is 23.8. The first-order valence-corrected chi connectivity index (χ1v) is 9.64. The molecule has 2 fully saturated rings. The lowest BCUT2D eigenvalue weighted by atomic mass is 9.78. The van der Waals surface area contributed by atoms with Crippen molar-refractivity contribution in [1.29, 1.82) is 0 Å². The van der Waals surface area contributed by atoms with Crippen LogP contribution in [0.2, 0.25) is 0 Å². The SMILES string of the molecule is CC(C)CNCC1(CC2CCCC2)CCS(=O)(=O)C1. The van der Waals surface area contributed by atoms with Crippen LogP contribution >= 0.6 is 0 Å². The van der Waals surface area contributed by atoms with Crippen molar-refractivity contribution in [3.63, 3.8) is 0 Å². The van der Waals surface area contributed by atoms with Crippen LogP contribution in [0, 0.1) is 17.3 Å². The Hall–Kier alpha value is -0.0900. The van der Waals surface area contributed by atoms with E-state index in [0.29, 0.717) is 17.4 Å². The van der Waals surface area contributed by atoms with Gasteiger partial charge in [-0.15, -0.1) is 0 Å². The monoisotopic (exact) mass is 287 g/mol. The van der Waals surface area contributed by atoms with Crippen molar-refractivity contribution in [1.82, 2.24) is 5.32 Å². The quantitative estimate of drug-likeness (QED) is 0.817. The highest BCUT2D eigenvalue weighted by Gasteiger charge is 2.43. The summed E-state index contributed by atoms with van der Waals surface area (Å²) >= 11 is 0. The van der Waals surface area contributed by atoms with Gasteiger partial charge in [-0.25, -0.2) is 8.42 Å². The molecule has 1 saturated heterocycles. The molecule has 0 amide bonds. The van der Waals surface area contributed by atoms with Gasteiger partial charge in [0.05, 0.1) is 11.5 Å². The maximum Gasteiger partial charge on any atom is 0.150 e. The molecule has 0 radical (unpaired) electrons. The van der Waals surface area contributed by atoms with E-state index in [2.05, 4.69) is 19.2 Å². The van der Waals surface area contributed by atoms with E-state index >= 15 is 0 Å². The number of hydrogen-bond donors (Lipinski definition) is 1. The standard InChI is InChI=1S/C15H29NO2S/c1-13(2)10-16-11-15(7-8-19(17,18)12-15)9-14-5-3-4-6-14/h13-14,16H,3-12H2,1-2H3. The summed E-state index contributed by atoms with van der Waals surface area (Å²) in [6.07, 6.45) is 7.30. The van der Waals surface area contributed by atoms with Crippen LogP contribution in [0.1, 0.15) is 52.4 Å². The van der Waals surface area contributed by atoms with Crippen molar-refractivity contribution in [3.05, 3.63) is 0 Å². The van der Waals surface area contributed by atoms with Gasteiger partial charge in [0, 0.05) is 6.54 Å². The fraction of sp³-hybridized carbons (Fsp3) is 1.00. The summed E-state index contributed by atoms with van der Waals surface area (Å²) in [5, 5.41) is 3.51. The maximum absolute atomic E-state index is 11.9. The molecule has 1 heterocycles. The molecule has 0 bridgehead atoms. The van der Waals surface area contributed by atoms with Gasteiger partial charge in [-0.05, 0) is 36.6 Å². The molecule has 19 heavy (non-hydrogen) atoms. The fourth-order valence-corrected chi connectivity index (χ4v) is 5.99. The molecule has 1 atom stereocenters. The van der Waals surface area contributed by atoms with Gasteiger partial charge in [0.1, 0.15) is 0 Å². The Kier molecular flexibility index (Phi) is 4.93. The third-order valence-corrected chi connectivity index (χ3v) is 6.60. The van der Waals surface area contributed by atoms with Crippen molar-refractivity contribution in [2.45, 2.75) is 52.4 Å². The average Bonchev–Trinajstić information content (AvgIpc) is 2.87. The summed E-state index contributed by atoms with van der Waals surface area (Å²) in [6.45, 7) is 6.28. The van der Waals surface area contributed by atoms with Crippen LogP contribution in [0.3, 0.4) is 0 Å². The molecule has 4 heteroatoms. The van der Waals surface area contributed by atoms with Crippen LogP contribution in [0.25, 0.3) is 0 Å². The summed E-state index contributed by atoms with van der Waals surface area (Å²) in [7, 11) is -2.79. The first-order valence-electron chi connectivity index (χ1n) is 7.82. The van der Waals surface area contributed by atoms with E-state index in [1.54, 1.807) is 0 Å². The van der Waals surface area contributed by atoms with Crippen LogP contribution < -0.4 is 5.32 Å². The van der Waals surface area contributed by atoms with Gasteiger partial charge >= 0.3 is 0 Å². The highest BCUT2D eigenvalue weighted by molar-refractivity contribution is 7.91. The van der Waals surface area contributed by atoms with Crippen molar-refractivity contribution in [3.8, 4) is 0 Å². The van der Waals surface area contributed by atoms with Crippen LogP contribution in [-0.4, -0.2) is 33.0 Å². The highest BCUT2D eigenvalue weighted by Crippen LogP contribution is 2.42. The Bertz CT molecular complexity index is 385. The third kappa shape index (κ3) is 4.45. The van der Waals surface area contributed by atoms with E-state index in [0.717, 1.165) is 31.8 Å². The average molecular weight is 287 g/mol. The molecule has 0 aromatic rings. The first kappa shape index (κ1) is 15.3. The molecule has 1 unspecified atom stereocenters. The Balaban J connectivity index is 1.96. The van der Waals surface area contributed by atoms with Crippen LogP contribution in [0.15, 0.2) is 0 Å². The van der Waals surface area contributed by atoms with E-state index in [1.807, 2.05) is 0 Å². The molecular weight excluding hydrogens is 258 g/mol. The summed E-state index contributed by atoms with van der Waals surface area (Å²) in [6, 6.07) is 0. The Morgan fingerprint density at radius 1 is 1.26 bits per heavy atom. The number of hydrogen-bond acceptors (Lipinski definition) is 3. The van der Waals surface area contributed by atoms with Crippen molar-refractivity contribution >= 4 is 9.84 Å². The van der Waals surface area contributed by atoms with E-state index in [1.165, 1.54) is 25.7 Å². The summed E-state index contributed by atoms with van der Waals surface area (Å²) in [5.74, 6) is 2.22. The minimum atomic E-state index is -2.79. The van der Waals surface area contributed by atoms with Gasteiger partial charge in [0.2, 0.25) is 0 Å². The van der Waals surface area contributed by atoms with Gasteiger partial charge in [0.15, 0.2) is 9.84 Å². The van der Waals surface area contributed by atoms with Crippen molar-refractivity contribution in [2.75, 3.05) is 24.6 Å². The van der Waals surface area contributed by atoms with Gasteiger partial charge < -0.3 is 5.32 Å². The number of sulfone groups is 1. The maximum atomic E-state index is 11.9. The van der Waals surface area contributed by atoms with Crippen LogP contribution in [0.5, 0.6) is 0 Å². The Labute approximate surface area is 118 Å². The third-order valence-electron chi connectivity index (χ3n) is 4.72. The lowest BCUT2D eigenvalue weighted by molar-refractivity contribution is 0.235. The van der Waals surface area contributed by atoms with Crippen molar-refractivity contribution < 1.29 is 8.42 Å². The summed E-state index contributed by atoms with van der Waals surface area (Å²) in [4.78, 5) is 0. The zero-order valence-electron chi connectivity index (χ0n) is 12.5. The van der Waals surface area contributed by atoms with Crippen LogP contribution in [-0.2, 0) is 9.84 Å². The highest BCUT2D eigenvalue weighted by atomic mass is 32.2. The molecule has 1 aliphatic carbocycles. The summed E-state index contributed by atoms with van der Waals surface area (Å²) in [5.41, 5.74) is 0.0305. The van der Waals surface area contributed by atoms with Crippen molar-refractivity contribution in [2.24, 2.45) is 17.3 Å². The molecule has 112 valence electrons. The van der Waals surface area contributed by atoms with Gasteiger partial charge in [0.25, 0.3) is 0 Å². The second-order valence-corrected chi connectivity index (χ2v) is 9.41. The number of nitrogens with one attached hydrogen (secondary N) is 1. The van der Waals surface area contributed by atoms with Crippen LogP contribution in [0.4, 0.5) is 0 Å². The molecule has 1 aliphatic heterocycles. The van der Waals surface area contributed by atoms with Gasteiger partial charge in [-0.1, -0.05) is 39.5 Å². The normalized spacial score (nSPS) is 31.3. The molecular formula is C15H29NO2S. The van der Waals surface area contributed by atoms with E-state index in [9.17, 15) is 8.42 Å². The molecule has 0 aromatic heterocycles. The topological polar surface area (TPSA) is 46.2 Å². The zero-order valence-corrected chi connectivity index (χ0v) is 13.3. The van der Waals surface area contributed by atoms with Gasteiger partial charge in [-0.3, -0.25) is 0 Å². The second-order valence-electron chi connectivity index (χ2n) is 7.22. The zero-order chi connectivity index (χ0) is 13.9.